The average Bonchev–Trinajstić information content (AvgIpc) is 2.96. The molecule has 0 bridgehead atoms. The minimum absolute atomic E-state index is 0.0823. The first-order valence-corrected chi connectivity index (χ1v) is 14.4. The zero-order valence-corrected chi connectivity index (χ0v) is 24.8. The minimum atomic E-state index is -4.26. The van der Waals surface area contributed by atoms with Gasteiger partial charge in [-0.05, 0) is 55.3 Å². The predicted octanol–water partition coefficient (Wildman–Crippen LogP) is 4.41. The molecule has 0 aliphatic carbocycles. The van der Waals surface area contributed by atoms with Crippen LogP contribution in [-0.4, -0.2) is 59.0 Å². The van der Waals surface area contributed by atoms with Crippen LogP contribution in [0.2, 0.25) is 5.02 Å². The molecule has 0 aliphatic rings. The van der Waals surface area contributed by atoms with Crippen molar-refractivity contribution in [2.45, 2.75) is 37.8 Å². The second-order valence-corrected chi connectivity index (χ2v) is 11.3. The van der Waals surface area contributed by atoms with Crippen LogP contribution in [0, 0.1) is 6.92 Å². The Hall–Kier alpha value is -3.76. The summed E-state index contributed by atoms with van der Waals surface area (Å²) in [7, 11) is 0.103. The molecule has 1 atom stereocenters. The third-order valence-corrected chi connectivity index (χ3v) is 8.46. The second kappa shape index (κ2) is 13.5. The summed E-state index contributed by atoms with van der Waals surface area (Å²) in [5.74, 6) is -0.303. The Labute approximate surface area is 240 Å². The number of aryl methyl sites for hydroxylation is 1. The van der Waals surface area contributed by atoms with Gasteiger partial charge in [0, 0.05) is 24.7 Å². The zero-order valence-electron chi connectivity index (χ0n) is 23.2. The Morgan fingerprint density at radius 1 is 0.950 bits per heavy atom. The molecule has 3 aromatic carbocycles. The largest absolute Gasteiger partial charge is 0.493 e. The van der Waals surface area contributed by atoms with Gasteiger partial charge in [0.1, 0.15) is 12.6 Å². The number of carbonyl (C=O) groups is 2. The molecule has 1 N–H and O–H groups in total. The van der Waals surface area contributed by atoms with Gasteiger partial charge in [-0.1, -0.05) is 48.4 Å². The number of ether oxygens (including phenoxy) is 2. The number of methoxy groups -OCH3 is 2. The third-order valence-electron chi connectivity index (χ3n) is 6.44. The highest BCUT2D eigenvalue weighted by molar-refractivity contribution is 7.92. The molecule has 0 saturated carbocycles. The summed E-state index contributed by atoms with van der Waals surface area (Å²) in [6.45, 7) is 3.21. The first-order valence-electron chi connectivity index (χ1n) is 12.6. The van der Waals surface area contributed by atoms with E-state index in [-0.39, 0.29) is 23.1 Å². The number of anilines is 1. The van der Waals surface area contributed by atoms with Gasteiger partial charge >= 0.3 is 0 Å². The molecule has 3 aromatic rings. The summed E-state index contributed by atoms with van der Waals surface area (Å²) in [4.78, 5) is 28.1. The lowest BCUT2D eigenvalue weighted by atomic mass is 10.1. The minimum Gasteiger partial charge on any atom is -0.493 e. The summed E-state index contributed by atoms with van der Waals surface area (Å²) >= 11 is 6.04. The number of benzene rings is 3. The van der Waals surface area contributed by atoms with E-state index in [1.165, 1.54) is 44.4 Å². The molecule has 40 heavy (non-hydrogen) atoms. The van der Waals surface area contributed by atoms with Crippen LogP contribution in [0.4, 0.5) is 5.69 Å². The van der Waals surface area contributed by atoms with Crippen LogP contribution >= 0.6 is 11.6 Å². The summed E-state index contributed by atoms with van der Waals surface area (Å²) in [6.07, 6.45) is 0.325. The van der Waals surface area contributed by atoms with Gasteiger partial charge in [-0.3, -0.25) is 13.9 Å². The number of amides is 2. The fourth-order valence-corrected chi connectivity index (χ4v) is 5.77. The lowest BCUT2D eigenvalue weighted by Gasteiger charge is -2.33. The van der Waals surface area contributed by atoms with Crippen molar-refractivity contribution in [1.82, 2.24) is 10.2 Å². The van der Waals surface area contributed by atoms with Crippen LogP contribution in [0.25, 0.3) is 0 Å². The topological polar surface area (TPSA) is 105 Å². The summed E-state index contributed by atoms with van der Waals surface area (Å²) in [5, 5.41) is 3.14. The molecule has 0 aliphatic heterocycles. The maximum atomic E-state index is 14.0. The van der Waals surface area contributed by atoms with Crippen molar-refractivity contribution in [3.63, 3.8) is 0 Å². The van der Waals surface area contributed by atoms with Crippen LogP contribution in [0.3, 0.4) is 0 Å². The molecule has 2 amide bonds. The van der Waals surface area contributed by atoms with E-state index in [0.29, 0.717) is 22.9 Å². The summed E-state index contributed by atoms with van der Waals surface area (Å²) < 4.78 is 39.7. The van der Waals surface area contributed by atoms with Gasteiger partial charge in [-0.2, -0.15) is 0 Å². The standard InChI is InChI=1S/C29H34ClN3O6S/c1-6-25(29(35)31-3)32(18-21-9-11-22(30)12-10-21)28(34)19-33(23-13-7-20(2)8-14-23)40(36,37)24-15-16-26(38-4)27(17-24)39-5/h7-17,25H,6,18-19H2,1-5H3,(H,31,35)/t25-/m1/s1. The van der Waals surface area contributed by atoms with Gasteiger partial charge in [0.15, 0.2) is 11.5 Å². The van der Waals surface area contributed by atoms with Crippen LogP contribution in [-0.2, 0) is 26.2 Å². The molecule has 0 fully saturated rings. The second-order valence-electron chi connectivity index (χ2n) is 9.05. The van der Waals surface area contributed by atoms with E-state index < -0.39 is 28.5 Å². The summed E-state index contributed by atoms with van der Waals surface area (Å²) in [5.41, 5.74) is 1.96. The van der Waals surface area contributed by atoms with E-state index >= 15 is 0 Å². The number of likely N-dealkylation sites (N-methyl/N-ethyl adjacent to an activating group) is 1. The monoisotopic (exact) mass is 587 g/mol. The number of nitrogens with one attached hydrogen (secondary N) is 1. The molecular weight excluding hydrogens is 554 g/mol. The van der Waals surface area contributed by atoms with Gasteiger partial charge < -0.3 is 19.7 Å². The first kappa shape index (κ1) is 30.8. The molecular formula is C29H34ClN3O6S. The van der Waals surface area contributed by atoms with Crippen molar-refractivity contribution in [2.24, 2.45) is 0 Å². The van der Waals surface area contributed by atoms with Crippen LogP contribution < -0.4 is 19.1 Å². The highest BCUT2D eigenvalue weighted by atomic mass is 35.5. The smallest absolute Gasteiger partial charge is 0.264 e. The van der Waals surface area contributed by atoms with E-state index in [0.717, 1.165) is 15.4 Å². The van der Waals surface area contributed by atoms with Crippen LogP contribution in [0.5, 0.6) is 11.5 Å². The van der Waals surface area contributed by atoms with Crippen molar-refractivity contribution in [3.8, 4) is 11.5 Å². The lowest BCUT2D eigenvalue weighted by molar-refractivity contribution is -0.140. The number of carbonyl (C=O) groups excluding carboxylic acids is 2. The Morgan fingerprint density at radius 3 is 2.12 bits per heavy atom. The van der Waals surface area contributed by atoms with Gasteiger partial charge in [-0.15, -0.1) is 0 Å². The van der Waals surface area contributed by atoms with Crippen molar-refractivity contribution < 1.29 is 27.5 Å². The van der Waals surface area contributed by atoms with E-state index in [1.807, 2.05) is 6.92 Å². The molecule has 0 radical (unpaired) electrons. The molecule has 9 nitrogen and oxygen atoms in total. The molecule has 214 valence electrons. The average molecular weight is 588 g/mol. The number of halogens is 1. The maximum Gasteiger partial charge on any atom is 0.264 e. The Balaban J connectivity index is 2.08. The van der Waals surface area contributed by atoms with Crippen molar-refractivity contribution >= 4 is 39.1 Å². The predicted molar refractivity (Wildman–Crippen MR) is 155 cm³/mol. The van der Waals surface area contributed by atoms with Gasteiger partial charge in [0.2, 0.25) is 11.8 Å². The number of nitrogens with zero attached hydrogens (tertiary/aromatic N) is 2. The van der Waals surface area contributed by atoms with Crippen molar-refractivity contribution in [2.75, 3.05) is 32.1 Å². The van der Waals surface area contributed by atoms with E-state index in [1.54, 1.807) is 55.5 Å². The number of hydrogen-bond acceptors (Lipinski definition) is 6. The van der Waals surface area contributed by atoms with E-state index in [2.05, 4.69) is 5.32 Å². The quantitative estimate of drug-likeness (QED) is 0.336. The fourth-order valence-electron chi connectivity index (χ4n) is 4.22. The Morgan fingerprint density at radius 2 is 1.57 bits per heavy atom. The number of sulfonamides is 1. The molecule has 0 saturated heterocycles. The molecule has 0 aromatic heterocycles. The highest BCUT2D eigenvalue weighted by Crippen LogP contribution is 2.32. The molecule has 3 rings (SSSR count). The van der Waals surface area contributed by atoms with Crippen LogP contribution in [0.1, 0.15) is 24.5 Å². The van der Waals surface area contributed by atoms with Crippen molar-refractivity contribution in [1.29, 1.82) is 0 Å². The highest BCUT2D eigenvalue weighted by Gasteiger charge is 2.33. The Bertz CT molecular complexity index is 1430. The number of hydrogen-bond donors (Lipinski definition) is 1. The fraction of sp³-hybridized carbons (Fsp3) is 0.310. The summed E-state index contributed by atoms with van der Waals surface area (Å²) in [6, 6.07) is 17.1. The Kier molecular flexibility index (Phi) is 10.4. The molecule has 0 unspecified atom stereocenters. The van der Waals surface area contributed by atoms with E-state index in [9.17, 15) is 18.0 Å². The lowest BCUT2D eigenvalue weighted by Crippen LogP contribution is -2.51. The van der Waals surface area contributed by atoms with E-state index in [4.69, 9.17) is 21.1 Å². The molecule has 0 heterocycles. The van der Waals surface area contributed by atoms with Gasteiger partial charge in [0.25, 0.3) is 10.0 Å². The normalized spacial score (nSPS) is 11.8. The van der Waals surface area contributed by atoms with Crippen LogP contribution in [0.15, 0.2) is 71.6 Å². The molecule has 11 heteroatoms. The number of rotatable bonds is 12. The zero-order chi connectivity index (χ0) is 29.4. The maximum absolute atomic E-state index is 14.0. The molecule has 0 spiro atoms. The first-order chi connectivity index (χ1) is 19.0. The third kappa shape index (κ3) is 7.05. The SMILES string of the molecule is CC[C@H](C(=O)NC)N(Cc1ccc(Cl)cc1)C(=O)CN(c1ccc(C)cc1)S(=O)(=O)c1ccc(OC)c(OC)c1. The van der Waals surface area contributed by atoms with Crippen molar-refractivity contribution in [3.05, 3.63) is 82.9 Å². The van der Waals surface area contributed by atoms with Gasteiger partial charge in [-0.25, -0.2) is 8.42 Å². The van der Waals surface area contributed by atoms with Gasteiger partial charge in [0.05, 0.1) is 24.8 Å².